The first kappa shape index (κ1) is 11.5. The van der Waals surface area contributed by atoms with E-state index in [1.165, 1.54) is 0 Å². The number of nitrogens with zero attached hydrogens (tertiary/aromatic N) is 1. The van der Waals surface area contributed by atoms with Crippen LogP contribution >= 0.6 is 0 Å². The number of anilines is 1. The molecule has 0 bridgehead atoms. The van der Waals surface area contributed by atoms with E-state index in [2.05, 4.69) is 5.32 Å². The van der Waals surface area contributed by atoms with Crippen LogP contribution in [0.4, 0.5) is 5.69 Å². The molecule has 17 heavy (non-hydrogen) atoms. The van der Waals surface area contributed by atoms with Gasteiger partial charge in [0.1, 0.15) is 6.54 Å². The molecule has 0 spiro atoms. The molecule has 0 atom stereocenters. The molecular formula is C13H16N2O2. The van der Waals surface area contributed by atoms with E-state index in [0.717, 1.165) is 16.6 Å². The zero-order chi connectivity index (χ0) is 12.3. The number of benzene rings is 1. The summed E-state index contributed by atoms with van der Waals surface area (Å²) < 4.78 is 6.90. The molecule has 4 nitrogen and oxygen atoms in total. The van der Waals surface area contributed by atoms with Crippen molar-refractivity contribution in [2.24, 2.45) is 7.05 Å². The van der Waals surface area contributed by atoms with Gasteiger partial charge in [0.2, 0.25) is 0 Å². The number of hydrogen-bond acceptors (Lipinski definition) is 3. The summed E-state index contributed by atoms with van der Waals surface area (Å²) in [4.78, 5) is 11.3. The van der Waals surface area contributed by atoms with Crippen LogP contribution in [0.5, 0.6) is 0 Å². The van der Waals surface area contributed by atoms with Gasteiger partial charge in [0.15, 0.2) is 0 Å². The normalized spacial score (nSPS) is 10.5. The van der Waals surface area contributed by atoms with Crippen LogP contribution in [0.15, 0.2) is 30.5 Å². The van der Waals surface area contributed by atoms with Crippen molar-refractivity contribution in [2.75, 3.05) is 18.5 Å². The molecule has 0 aliphatic rings. The van der Waals surface area contributed by atoms with Gasteiger partial charge >= 0.3 is 5.97 Å². The van der Waals surface area contributed by atoms with Crippen LogP contribution in [0.2, 0.25) is 0 Å². The van der Waals surface area contributed by atoms with Gasteiger partial charge in [-0.3, -0.25) is 4.79 Å². The lowest BCUT2D eigenvalue weighted by atomic mass is 10.2. The van der Waals surface area contributed by atoms with Gasteiger partial charge < -0.3 is 14.6 Å². The summed E-state index contributed by atoms with van der Waals surface area (Å²) >= 11 is 0. The Labute approximate surface area is 100 Å². The number of carbonyl (C=O) groups excluding carboxylic acids is 1. The molecule has 0 saturated heterocycles. The summed E-state index contributed by atoms with van der Waals surface area (Å²) in [6.45, 7) is 2.41. The molecule has 1 N–H and O–H groups in total. The molecule has 0 aliphatic heterocycles. The molecule has 0 aliphatic carbocycles. The third-order valence-electron chi connectivity index (χ3n) is 2.63. The Morgan fingerprint density at radius 1 is 1.41 bits per heavy atom. The first-order valence-electron chi connectivity index (χ1n) is 5.66. The van der Waals surface area contributed by atoms with Crippen molar-refractivity contribution in [3.63, 3.8) is 0 Å². The molecule has 0 amide bonds. The Morgan fingerprint density at radius 3 is 2.94 bits per heavy atom. The van der Waals surface area contributed by atoms with Gasteiger partial charge in [-0.15, -0.1) is 0 Å². The minimum Gasteiger partial charge on any atom is -0.465 e. The Balaban J connectivity index is 2.16. The summed E-state index contributed by atoms with van der Waals surface area (Å²) in [5.41, 5.74) is 2.09. The van der Waals surface area contributed by atoms with Crippen LogP contribution in [0.1, 0.15) is 6.92 Å². The number of aromatic nitrogens is 1. The lowest BCUT2D eigenvalue weighted by molar-refractivity contribution is -0.140. The van der Waals surface area contributed by atoms with E-state index in [9.17, 15) is 4.79 Å². The molecule has 0 unspecified atom stereocenters. The van der Waals surface area contributed by atoms with Crippen molar-refractivity contribution in [2.45, 2.75) is 6.92 Å². The van der Waals surface area contributed by atoms with Crippen LogP contribution in [-0.4, -0.2) is 23.7 Å². The summed E-state index contributed by atoms with van der Waals surface area (Å²) in [7, 11) is 1.98. The number of ether oxygens (including phenoxy) is 1. The van der Waals surface area contributed by atoms with Crippen LogP contribution < -0.4 is 5.32 Å². The first-order valence-corrected chi connectivity index (χ1v) is 5.66. The fourth-order valence-electron chi connectivity index (χ4n) is 1.86. The maximum atomic E-state index is 11.3. The van der Waals surface area contributed by atoms with Crippen molar-refractivity contribution >= 4 is 22.6 Å². The molecule has 1 heterocycles. The second-order valence-corrected chi connectivity index (χ2v) is 3.83. The standard InChI is InChI=1S/C13H16N2O2/c1-3-17-13(16)8-14-11-9-15(2)12-7-5-4-6-10(11)12/h4-7,9,14H,3,8H2,1-2H3. The Hall–Kier alpha value is -1.97. The number of esters is 1. The van der Waals surface area contributed by atoms with Gasteiger partial charge in [-0.2, -0.15) is 0 Å². The van der Waals surface area contributed by atoms with E-state index >= 15 is 0 Å². The SMILES string of the molecule is CCOC(=O)CNc1cn(C)c2ccccc12. The minimum absolute atomic E-state index is 0.196. The van der Waals surface area contributed by atoms with Gasteiger partial charge in [0.05, 0.1) is 12.3 Å². The summed E-state index contributed by atoms with van der Waals surface area (Å²) in [6, 6.07) is 8.06. The van der Waals surface area contributed by atoms with Gasteiger partial charge in [-0.25, -0.2) is 0 Å². The molecule has 0 fully saturated rings. The maximum Gasteiger partial charge on any atom is 0.325 e. The molecule has 2 rings (SSSR count). The van der Waals surface area contributed by atoms with Gasteiger partial charge in [-0.1, -0.05) is 18.2 Å². The fraction of sp³-hybridized carbons (Fsp3) is 0.308. The lowest BCUT2D eigenvalue weighted by Gasteiger charge is -2.04. The van der Waals surface area contributed by atoms with Crippen LogP contribution in [0.3, 0.4) is 0 Å². The second kappa shape index (κ2) is 4.91. The van der Waals surface area contributed by atoms with E-state index < -0.39 is 0 Å². The average Bonchev–Trinajstić information content (AvgIpc) is 2.65. The highest BCUT2D eigenvalue weighted by Crippen LogP contribution is 2.24. The summed E-state index contributed by atoms with van der Waals surface area (Å²) in [6.07, 6.45) is 1.98. The van der Waals surface area contributed by atoms with Crippen molar-refractivity contribution < 1.29 is 9.53 Å². The van der Waals surface area contributed by atoms with E-state index in [-0.39, 0.29) is 12.5 Å². The van der Waals surface area contributed by atoms with E-state index in [1.54, 1.807) is 6.92 Å². The van der Waals surface area contributed by atoms with E-state index in [0.29, 0.717) is 6.61 Å². The van der Waals surface area contributed by atoms with E-state index in [1.807, 2.05) is 42.1 Å². The predicted octanol–water partition coefficient (Wildman–Crippen LogP) is 2.15. The number of aryl methyl sites for hydroxylation is 1. The molecule has 1 aromatic heterocycles. The quantitative estimate of drug-likeness (QED) is 0.821. The van der Waals surface area contributed by atoms with Crippen molar-refractivity contribution in [1.82, 2.24) is 4.57 Å². The van der Waals surface area contributed by atoms with Crippen molar-refractivity contribution in [3.8, 4) is 0 Å². The topological polar surface area (TPSA) is 43.3 Å². The van der Waals surface area contributed by atoms with Crippen LogP contribution in [-0.2, 0) is 16.6 Å². The maximum absolute atomic E-state index is 11.3. The van der Waals surface area contributed by atoms with Crippen molar-refractivity contribution in [3.05, 3.63) is 30.5 Å². The zero-order valence-electron chi connectivity index (χ0n) is 10.1. The molecule has 0 saturated carbocycles. The van der Waals surface area contributed by atoms with Crippen LogP contribution in [0, 0.1) is 0 Å². The molecular weight excluding hydrogens is 216 g/mol. The van der Waals surface area contributed by atoms with Crippen molar-refractivity contribution in [1.29, 1.82) is 0 Å². The number of hydrogen-bond donors (Lipinski definition) is 1. The average molecular weight is 232 g/mol. The molecule has 0 radical (unpaired) electrons. The Kier molecular flexibility index (Phi) is 3.32. The molecule has 1 aromatic carbocycles. The van der Waals surface area contributed by atoms with E-state index in [4.69, 9.17) is 4.74 Å². The third-order valence-corrected chi connectivity index (χ3v) is 2.63. The highest BCUT2D eigenvalue weighted by atomic mass is 16.5. The minimum atomic E-state index is -0.236. The molecule has 90 valence electrons. The number of para-hydroxylation sites is 1. The third kappa shape index (κ3) is 2.41. The second-order valence-electron chi connectivity index (χ2n) is 3.83. The van der Waals surface area contributed by atoms with Crippen LogP contribution in [0.25, 0.3) is 10.9 Å². The largest absolute Gasteiger partial charge is 0.465 e. The molecule has 2 aromatic rings. The number of nitrogens with one attached hydrogen (secondary N) is 1. The Morgan fingerprint density at radius 2 is 2.18 bits per heavy atom. The summed E-state index contributed by atoms with van der Waals surface area (Å²) in [5.74, 6) is -0.236. The smallest absolute Gasteiger partial charge is 0.325 e. The number of rotatable bonds is 4. The monoisotopic (exact) mass is 232 g/mol. The van der Waals surface area contributed by atoms with Gasteiger partial charge in [0, 0.05) is 24.1 Å². The predicted molar refractivity (Wildman–Crippen MR) is 68.0 cm³/mol. The molecule has 4 heteroatoms. The first-order chi connectivity index (χ1) is 8.22. The number of carbonyl (C=O) groups is 1. The lowest BCUT2D eigenvalue weighted by Crippen LogP contribution is -2.16. The Bertz CT molecular complexity index is 531. The summed E-state index contributed by atoms with van der Waals surface area (Å²) in [5, 5.41) is 4.21. The fourth-order valence-corrected chi connectivity index (χ4v) is 1.86. The van der Waals surface area contributed by atoms with Gasteiger partial charge in [-0.05, 0) is 13.0 Å². The highest BCUT2D eigenvalue weighted by molar-refractivity contribution is 5.94. The highest BCUT2D eigenvalue weighted by Gasteiger charge is 2.07. The number of fused-ring (bicyclic) bond motifs is 1. The van der Waals surface area contributed by atoms with Gasteiger partial charge in [0.25, 0.3) is 0 Å². The zero-order valence-corrected chi connectivity index (χ0v) is 10.1.